The highest BCUT2D eigenvalue weighted by atomic mass is 19.1. The van der Waals surface area contributed by atoms with Crippen LogP contribution in [0, 0.1) is 5.82 Å². The van der Waals surface area contributed by atoms with Gasteiger partial charge in [0.15, 0.2) is 0 Å². The molecule has 0 saturated heterocycles. The standard InChI is InChI=1S/C24H18FN3O3/c1-30-20-10-8-16(9-11-20)22-14-23(27-15-26-22)31-21-7-2-4-17(12-21)24(29)28-19-6-3-5-18(25)13-19/h2-15H,1H3,(H,28,29). The van der Waals surface area contributed by atoms with Crippen LogP contribution in [0.5, 0.6) is 17.4 Å². The van der Waals surface area contributed by atoms with Crippen LogP contribution < -0.4 is 14.8 Å². The molecule has 6 nitrogen and oxygen atoms in total. The average molecular weight is 415 g/mol. The van der Waals surface area contributed by atoms with E-state index in [0.29, 0.717) is 28.6 Å². The predicted octanol–water partition coefficient (Wildman–Crippen LogP) is 5.34. The molecule has 0 unspecified atom stereocenters. The number of hydrogen-bond donors (Lipinski definition) is 1. The summed E-state index contributed by atoms with van der Waals surface area (Å²) in [6.45, 7) is 0. The fraction of sp³-hybridized carbons (Fsp3) is 0.0417. The third-order valence-corrected chi connectivity index (χ3v) is 4.43. The first kappa shape index (κ1) is 20.0. The molecule has 0 radical (unpaired) electrons. The van der Waals surface area contributed by atoms with Gasteiger partial charge in [-0.3, -0.25) is 4.79 Å². The number of amides is 1. The summed E-state index contributed by atoms with van der Waals surface area (Å²) in [6.07, 6.45) is 1.41. The Kier molecular flexibility index (Phi) is 5.84. The van der Waals surface area contributed by atoms with E-state index in [2.05, 4.69) is 15.3 Å². The zero-order valence-corrected chi connectivity index (χ0v) is 16.6. The molecule has 3 aromatic carbocycles. The summed E-state index contributed by atoms with van der Waals surface area (Å²) in [5, 5.41) is 2.66. The number of nitrogens with one attached hydrogen (secondary N) is 1. The molecule has 154 valence electrons. The number of nitrogens with zero attached hydrogens (tertiary/aromatic N) is 2. The molecule has 4 aromatic rings. The third kappa shape index (κ3) is 5.02. The molecule has 0 aliphatic heterocycles. The number of hydrogen-bond acceptors (Lipinski definition) is 5. The minimum Gasteiger partial charge on any atom is -0.497 e. The van der Waals surface area contributed by atoms with Crippen molar-refractivity contribution in [1.29, 1.82) is 0 Å². The first-order chi connectivity index (χ1) is 15.1. The number of carbonyl (C=O) groups is 1. The first-order valence-electron chi connectivity index (χ1n) is 9.42. The van der Waals surface area contributed by atoms with Crippen molar-refractivity contribution in [3.05, 3.63) is 96.6 Å². The molecule has 4 rings (SSSR count). The van der Waals surface area contributed by atoms with Gasteiger partial charge in [0.1, 0.15) is 23.6 Å². The number of rotatable bonds is 6. The van der Waals surface area contributed by atoms with E-state index in [-0.39, 0.29) is 5.91 Å². The highest BCUT2D eigenvalue weighted by Crippen LogP contribution is 2.26. The molecule has 0 aliphatic carbocycles. The van der Waals surface area contributed by atoms with Crippen LogP contribution in [-0.2, 0) is 0 Å². The van der Waals surface area contributed by atoms with Gasteiger partial charge in [-0.15, -0.1) is 0 Å². The lowest BCUT2D eigenvalue weighted by atomic mass is 10.1. The van der Waals surface area contributed by atoms with E-state index in [1.54, 1.807) is 43.5 Å². The highest BCUT2D eigenvalue weighted by Gasteiger charge is 2.10. The molecule has 1 heterocycles. The van der Waals surface area contributed by atoms with E-state index < -0.39 is 5.82 Å². The fourth-order valence-corrected chi connectivity index (χ4v) is 2.91. The largest absolute Gasteiger partial charge is 0.497 e. The molecule has 0 spiro atoms. The maximum Gasteiger partial charge on any atom is 0.255 e. The summed E-state index contributed by atoms with van der Waals surface area (Å²) < 4.78 is 24.3. The van der Waals surface area contributed by atoms with Gasteiger partial charge in [0.2, 0.25) is 5.88 Å². The Labute approximate surface area is 178 Å². The van der Waals surface area contributed by atoms with Crippen LogP contribution in [0.4, 0.5) is 10.1 Å². The van der Waals surface area contributed by atoms with Gasteiger partial charge in [-0.1, -0.05) is 12.1 Å². The van der Waals surface area contributed by atoms with E-state index >= 15 is 0 Å². The first-order valence-corrected chi connectivity index (χ1v) is 9.42. The Morgan fingerprint density at radius 2 is 1.71 bits per heavy atom. The number of carbonyl (C=O) groups excluding carboxylic acids is 1. The molecule has 7 heteroatoms. The molecule has 1 N–H and O–H groups in total. The Bertz CT molecular complexity index is 1210. The number of aromatic nitrogens is 2. The molecule has 0 atom stereocenters. The number of halogens is 1. The number of anilines is 1. The molecule has 0 saturated carbocycles. The predicted molar refractivity (Wildman–Crippen MR) is 115 cm³/mol. The number of benzene rings is 3. The molecule has 0 fully saturated rings. The van der Waals surface area contributed by atoms with E-state index in [1.165, 1.54) is 24.5 Å². The van der Waals surface area contributed by atoms with Gasteiger partial charge >= 0.3 is 0 Å². The van der Waals surface area contributed by atoms with E-state index in [0.717, 1.165) is 11.3 Å². The van der Waals surface area contributed by atoms with Gasteiger partial charge in [0.05, 0.1) is 12.8 Å². The molecule has 31 heavy (non-hydrogen) atoms. The van der Waals surface area contributed by atoms with Gasteiger partial charge < -0.3 is 14.8 Å². The van der Waals surface area contributed by atoms with Crippen molar-refractivity contribution in [1.82, 2.24) is 9.97 Å². The lowest BCUT2D eigenvalue weighted by Gasteiger charge is -2.09. The van der Waals surface area contributed by atoms with Crippen LogP contribution in [0.1, 0.15) is 10.4 Å². The van der Waals surface area contributed by atoms with Gasteiger partial charge in [-0.2, -0.15) is 0 Å². The maximum atomic E-state index is 13.3. The summed E-state index contributed by atoms with van der Waals surface area (Å²) >= 11 is 0. The third-order valence-electron chi connectivity index (χ3n) is 4.43. The van der Waals surface area contributed by atoms with Crippen LogP contribution in [0.15, 0.2) is 85.2 Å². The lowest BCUT2D eigenvalue weighted by Crippen LogP contribution is -2.11. The van der Waals surface area contributed by atoms with Crippen molar-refractivity contribution >= 4 is 11.6 Å². The van der Waals surface area contributed by atoms with Gasteiger partial charge in [-0.05, 0) is 60.7 Å². The molecule has 1 aromatic heterocycles. The van der Waals surface area contributed by atoms with Crippen LogP contribution in [0.2, 0.25) is 0 Å². The number of methoxy groups -OCH3 is 1. The summed E-state index contributed by atoms with van der Waals surface area (Å²) in [7, 11) is 1.61. The van der Waals surface area contributed by atoms with Gasteiger partial charge in [-0.25, -0.2) is 14.4 Å². The van der Waals surface area contributed by atoms with Crippen molar-refractivity contribution in [3.63, 3.8) is 0 Å². The van der Waals surface area contributed by atoms with Crippen LogP contribution in [0.25, 0.3) is 11.3 Å². The van der Waals surface area contributed by atoms with Crippen molar-refractivity contribution in [2.45, 2.75) is 0 Å². The number of ether oxygens (including phenoxy) is 2. The Morgan fingerprint density at radius 3 is 2.48 bits per heavy atom. The average Bonchev–Trinajstić information content (AvgIpc) is 2.79. The smallest absolute Gasteiger partial charge is 0.255 e. The second-order valence-corrected chi connectivity index (χ2v) is 6.56. The van der Waals surface area contributed by atoms with Crippen LogP contribution in [-0.4, -0.2) is 23.0 Å². The summed E-state index contributed by atoms with van der Waals surface area (Å²) in [4.78, 5) is 20.9. The molecular weight excluding hydrogens is 397 g/mol. The maximum absolute atomic E-state index is 13.3. The molecule has 1 amide bonds. The Hall–Kier alpha value is -4.26. The summed E-state index contributed by atoms with van der Waals surface area (Å²) in [5.41, 5.74) is 2.31. The highest BCUT2D eigenvalue weighted by molar-refractivity contribution is 6.04. The summed E-state index contributed by atoms with van der Waals surface area (Å²) in [6, 6.07) is 21.5. The van der Waals surface area contributed by atoms with Gasteiger partial charge in [0, 0.05) is 22.9 Å². The molecule has 0 bridgehead atoms. The minimum absolute atomic E-state index is 0.337. The van der Waals surface area contributed by atoms with Crippen molar-refractivity contribution in [2.75, 3.05) is 12.4 Å². The van der Waals surface area contributed by atoms with Crippen LogP contribution >= 0.6 is 0 Å². The zero-order chi connectivity index (χ0) is 21.6. The van der Waals surface area contributed by atoms with Crippen molar-refractivity contribution in [3.8, 4) is 28.6 Å². The zero-order valence-electron chi connectivity index (χ0n) is 16.6. The monoisotopic (exact) mass is 415 g/mol. The van der Waals surface area contributed by atoms with Crippen LogP contribution in [0.3, 0.4) is 0 Å². The topological polar surface area (TPSA) is 73.3 Å². The summed E-state index contributed by atoms with van der Waals surface area (Å²) in [5.74, 6) is 0.723. The van der Waals surface area contributed by atoms with E-state index in [9.17, 15) is 9.18 Å². The van der Waals surface area contributed by atoms with E-state index in [1.807, 2.05) is 24.3 Å². The minimum atomic E-state index is -0.425. The quantitative estimate of drug-likeness (QED) is 0.460. The molecular formula is C24H18FN3O3. The lowest BCUT2D eigenvalue weighted by molar-refractivity contribution is 0.102. The Balaban J connectivity index is 1.50. The van der Waals surface area contributed by atoms with E-state index in [4.69, 9.17) is 9.47 Å². The normalized spacial score (nSPS) is 10.4. The Morgan fingerprint density at radius 1 is 0.903 bits per heavy atom. The second-order valence-electron chi connectivity index (χ2n) is 6.56. The van der Waals surface area contributed by atoms with Crippen molar-refractivity contribution in [2.24, 2.45) is 0 Å². The van der Waals surface area contributed by atoms with Gasteiger partial charge in [0.25, 0.3) is 5.91 Å². The fourth-order valence-electron chi connectivity index (χ4n) is 2.91. The SMILES string of the molecule is COc1ccc(-c2cc(Oc3cccc(C(=O)Nc4cccc(F)c4)c3)ncn2)cc1. The molecule has 0 aliphatic rings. The second kappa shape index (κ2) is 9.04. The van der Waals surface area contributed by atoms with Crippen molar-refractivity contribution < 1.29 is 18.7 Å².